The van der Waals surface area contributed by atoms with Crippen LogP contribution < -0.4 is 10.6 Å². The summed E-state index contributed by atoms with van der Waals surface area (Å²) in [5.41, 5.74) is 9.86. The summed E-state index contributed by atoms with van der Waals surface area (Å²) in [5.74, 6) is 0. The topological polar surface area (TPSA) is 38.5 Å². The Kier molecular flexibility index (Phi) is 4.25. The predicted molar refractivity (Wildman–Crippen MR) is 76.2 cm³/mol. The molecule has 2 N–H and O–H groups in total. The van der Waals surface area contributed by atoms with Gasteiger partial charge in [0.15, 0.2) is 0 Å². The van der Waals surface area contributed by atoms with Crippen LogP contribution in [0.4, 0.5) is 5.69 Å². The summed E-state index contributed by atoms with van der Waals surface area (Å²) in [5, 5.41) is 0. The highest BCUT2D eigenvalue weighted by atomic mass is 16.5. The van der Waals surface area contributed by atoms with E-state index in [-0.39, 0.29) is 6.04 Å². The lowest BCUT2D eigenvalue weighted by molar-refractivity contribution is 0.0989. The van der Waals surface area contributed by atoms with E-state index in [0.29, 0.717) is 6.04 Å². The molecule has 0 spiro atoms. The fraction of sp³-hybridized carbons (Fsp3) is 0.600. The number of hydrogen-bond acceptors (Lipinski definition) is 3. The summed E-state index contributed by atoms with van der Waals surface area (Å²) in [7, 11) is 0. The van der Waals surface area contributed by atoms with Crippen molar-refractivity contribution >= 4 is 5.69 Å². The lowest BCUT2D eigenvalue weighted by Crippen LogP contribution is -2.43. The number of rotatable bonds is 3. The fourth-order valence-corrected chi connectivity index (χ4v) is 2.55. The van der Waals surface area contributed by atoms with E-state index in [1.54, 1.807) is 0 Å². The maximum absolute atomic E-state index is 5.87. The van der Waals surface area contributed by atoms with Crippen molar-refractivity contribution in [3.63, 3.8) is 0 Å². The van der Waals surface area contributed by atoms with Crippen LogP contribution in [0, 0.1) is 6.92 Å². The minimum atomic E-state index is 0.219. The van der Waals surface area contributed by atoms with E-state index >= 15 is 0 Å². The maximum atomic E-state index is 5.87. The Labute approximate surface area is 110 Å². The van der Waals surface area contributed by atoms with Crippen molar-refractivity contribution < 1.29 is 4.74 Å². The normalized spacial score (nSPS) is 22.0. The molecule has 2 atom stereocenters. The van der Waals surface area contributed by atoms with Gasteiger partial charge < -0.3 is 15.4 Å². The van der Waals surface area contributed by atoms with Crippen molar-refractivity contribution in [3.05, 3.63) is 29.3 Å². The molecule has 2 unspecified atom stereocenters. The Hall–Kier alpha value is -1.06. The first-order valence-electron chi connectivity index (χ1n) is 6.77. The summed E-state index contributed by atoms with van der Waals surface area (Å²) in [6, 6.07) is 7.39. The highest BCUT2D eigenvalue weighted by molar-refractivity contribution is 5.52. The first-order valence-corrected chi connectivity index (χ1v) is 6.77. The number of aryl methyl sites for hydroxylation is 1. The molecule has 3 heteroatoms. The minimum Gasteiger partial charge on any atom is -0.377 e. The number of anilines is 1. The van der Waals surface area contributed by atoms with Crippen LogP contribution in [0.2, 0.25) is 0 Å². The zero-order valence-electron chi connectivity index (χ0n) is 11.6. The van der Waals surface area contributed by atoms with Crippen LogP contribution in [0.3, 0.4) is 0 Å². The second-order valence-electron chi connectivity index (χ2n) is 5.41. The lowest BCUT2D eigenvalue weighted by atomic mass is 10.0. The van der Waals surface area contributed by atoms with Crippen LogP contribution in [0.1, 0.15) is 25.0 Å². The molecule has 0 radical (unpaired) electrons. The molecule has 1 aliphatic rings. The van der Waals surface area contributed by atoms with E-state index in [1.807, 2.05) is 0 Å². The minimum absolute atomic E-state index is 0.219. The SMILES string of the molecule is Cc1cc(N2CCOCC2C)ccc1CC(C)N. The monoisotopic (exact) mass is 248 g/mol. The third-order valence-corrected chi connectivity index (χ3v) is 3.57. The van der Waals surface area contributed by atoms with Crippen molar-refractivity contribution in [2.75, 3.05) is 24.7 Å². The average molecular weight is 248 g/mol. The van der Waals surface area contributed by atoms with Gasteiger partial charge in [0.25, 0.3) is 0 Å². The predicted octanol–water partition coefficient (Wildman–Crippen LogP) is 2.11. The molecule has 1 aliphatic heterocycles. The molecule has 1 saturated heterocycles. The molecule has 0 saturated carbocycles. The molecule has 2 rings (SSSR count). The van der Waals surface area contributed by atoms with Crippen LogP contribution in [0.15, 0.2) is 18.2 Å². The van der Waals surface area contributed by atoms with Crippen molar-refractivity contribution in [3.8, 4) is 0 Å². The number of nitrogens with zero attached hydrogens (tertiary/aromatic N) is 1. The average Bonchev–Trinajstić information content (AvgIpc) is 2.32. The molecule has 0 aromatic heterocycles. The van der Waals surface area contributed by atoms with Gasteiger partial charge in [-0.05, 0) is 50.5 Å². The first-order chi connectivity index (χ1) is 8.58. The summed E-state index contributed by atoms with van der Waals surface area (Å²) in [6.45, 7) is 9.06. The number of hydrogen-bond donors (Lipinski definition) is 1. The van der Waals surface area contributed by atoms with Gasteiger partial charge in [-0.25, -0.2) is 0 Å². The van der Waals surface area contributed by atoms with Crippen LogP contribution in [-0.2, 0) is 11.2 Å². The maximum Gasteiger partial charge on any atom is 0.0668 e. The molecule has 18 heavy (non-hydrogen) atoms. The number of ether oxygens (including phenoxy) is 1. The number of morpholine rings is 1. The fourth-order valence-electron chi connectivity index (χ4n) is 2.55. The summed E-state index contributed by atoms with van der Waals surface area (Å²) < 4.78 is 5.48. The zero-order chi connectivity index (χ0) is 13.1. The van der Waals surface area contributed by atoms with Gasteiger partial charge in [-0.1, -0.05) is 6.07 Å². The largest absolute Gasteiger partial charge is 0.377 e. The Morgan fingerprint density at radius 3 is 2.89 bits per heavy atom. The van der Waals surface area contributed by atoms with Gasteiger partial charge in [-0.3, -0.25) is 0 Å². The third-order valence-electron chi connectivity index (χ3n) is 3.57. The Bertz CT molecular complexity index is 403. The van der Waals surface area contributed by atoms with Crippen molar-refractivity contribution in [2.24, 2.45) is 5.73 Å². The van der Waals surface area contributed by atoms with Gasteiger partial charge >= 0.3 is 0 Å². The van der Waals surface area contributed by atoms with Gasteiger partial charge in [0.2, 0.25) is 0 Å². The van der Waals surface area contributed by atoms with Crippen molar-refractivity contribution in [2.45, 2.75) is 39.3 Å². The second-order valence-corrected chi connectivity index (χ2v) is 5.41. The van der Waals surface area contributed by atoms with Gasteiger partial charge in [-0.15, -0.1) is 0 Å². The van der Waals surface area contributed by atoms with Crippen LogP contribution in [-0.4, -0.2) is 31.8 Å². The van der Waals surface area contributed by atoms with E-state index in [9.17, 15) is 0 Å². The molecular formula is C15H24N2O. The molecule has 0 aliphatic carbocycles. The first kappa shape index (κ1) is 13.4. The molecule has 1 fully saturated rings. The van der Waals surface area contributed by atoms with Crippen LogP contribution in [0.25, 0.3) is 0 Å². The Balaban J connectivity index is 2.17. The number of nitrogens with two attached hydrogens (primary N) is 1. The van der Waals surface area contributed by atoms with Crippen molar-refractivity contribution in [1.82, 2.24) is 0 Å². The highest BCUT2D eigenvalue weighted by Gasteiger charge is 2.19. The zero-order valence-corrected chi connectivity index (χ0v) is 11.6. The highest BCUT2D eigenvalue weighted by Crippen LogP contribution is 2.23. The molecule has 100 valence electrons. The molecule has 0 bridgehead atoms. The lowest BCUT2D eigenvalue weighted by Gasteiger charge is -2.35. The van der Waals surface area contributed by atoms with Gasteiger partial charge in [-0.2, -0.15) is 0 Å². The molecular weight excluding hydrogens is 224 g/mol. The Morgan fingerprint density at radius 1 is 1.50 bits per heavy atom. The Morgan fingerprint density at radius 2 is 2.28 bits per heavy atom. The summed E-state index contributed by atoms with van der Waals surface area (Å²) in [6.07, 6.45) is 0.949. The second kappa shape index (κ2) is 5.72. The smallest absolute Gasteiger partial charge is 0.0668 e. The number of benzene rings is 1. The van der Waals surface area contributed by atoms with Crippen LogP contribution >= 0.6 is 0 Å². The standard InChI is InChI=1S/C15H24N2O/c1-11-8-15(5-4-14(11)9-12(2)16)17-6-7-18-10-13(17)3/h4-5,8,12-13H,6-7,9-10,16H2,1-3H3. The van der Waals surface area contributed by atoms with E-state index in [0.717, 1.165) is 26.2 Å². The molecule has 1 aromatic rings. The quantitative estimate of drug-likeness (QED) is 0.890. The third kappa shape index (κ3) is 3.03. The molecule has 3 nitrogen and oxygen atoms in total. The molecule has 0 amide bonds. The summed E-state index contributed by atoms with van der Waals surface area (Å²) >= 11 is 0. The van der Waals surface area contributed by atoms with Gasteiger partial charge in [0, 0.05) is 24.3 Å². The summed E-state index contributed by atoms with van der Waals surface area (Å²) in [4.78, 5) is 2.42. The molecule has 1 aromatic carbocycles. The van der Waals surface area contributed by atoms with Crippen LogP contribution in [0.5, 0.6) is 0 Å². The van der Waals surface area contributed by atoms with Gasteiger partial charge in [0.1, 0.15) is 0 Å². The van der Waals surface area contributed by atoms with E-state index in [4.69, 9.17) is 10.5 Å². The van der Waals surface area contributed by atoms with Gasteiger partial charge in [0.05, 0.1) is 13.2 Å². The van der Waals surface area contributed by atoms with E-state index < -0.39 is 0 Å². The molecule has 1 heterocycles. The van der Waals surface area contributed by atoms with Crippen molar-refractivity contribution in [1.29, 1.82) is 0 Å². The van der Waals surface area contributed by atoms with E-state index in [2.05, 4.69) is 43.9 Å². The van der Waals surface area contributed by atoms with E-state index in [1.165, 1.54) is 16.8 Å².